The second kappa shape index (κ2) is 6.45. The molecule has 0 aliphatic heterocycles. The van der Waals surface area contributed by atoms with Crippen LogP contribution < -0.4 is 0 Å². The second-order valence-electron chi connectivity index (χ2n) is 6.64. The van der Waals surface area contributed by atoms with Gasteiger partial charge in [0.25, 0.3) is 0 Å². The first-order chi connectivity index (χ1) is 10.6. The molecule has 0 N–H and O–H groups in total. The number of hydrogen-bond acceptors (Lipinski definition) is 4. The predicted molar refractivity (Wildman–Crippen MR) is 100 cm³/mol. The molecule has 2 rings (SSSR count). The summed E-state index contributed by atoms with van der Waals surface area (Å²) in [6.07, 6.45) is 8.51. The maximum atomic E-state index is 13.0. The van der Waals surface area contributed by atoms with Crippen LogP contribution in [-0.2, 0) is 14.3 Å². The van der Waals surface area contributed by atoms with E-state index in [0.29, 0.717) is 10.6 Å². The normalized spacial score (nSPS) is 13.2. The van der Waals surface area contributed by atoms with Crippen LogP contribution in [0.2, 0.25) is 0 Å². The van der Waals surface area contributed by atoms with Crippen molar-refractivity contribution >= 4 is 43.3 Å². The molecule has 124 valence electrons. The fraction of sp³-hybridized carbons (Fsp3) is 0.353. The van der Waals surface area contributed by atoms with Crippen LogP contribution in [0.4, 0.5) is 0 Å². The average molecular weight is 351 g/mol. The zero-order valence-corrected chi connectivity index (χ0v) is 15.7. The minimum Gasteiger partial charge on any atom is -0.293 e. The average Bonchev–Trinajstić information content (AvgIpc) is 3.08. The highest BCUT2D eigenvalue weighted by molar-refractivity contribution is 8.03. The minimum absolute atomic E-state index is 0.120. The van der Waals surface area contributed by atoms with Gasteiger partial charge in [-0.1, -0.05) is 26.8 Å². The van der Waals surface area contributed by atoms with Crippen molar-refractivity contribution < 1.29 is 9.00 Å². The van der Waals surface area contributed by atoms with E-state index in [4.69, 9.17) is 0 Å². The number of carbonyl (C=O) groups is 1. The maximum absolute atomic E-state index is 13.0. The fourth-order valence-electron chi connectivity index (χ4n) is 2.09. The Kier molecular flexibility index (Phi) is 4.96. The van der Waals surface area contributed by atoms with Gasteiger partial charge in [0, 0.05) is 35.2 Å². The number of hydrogen-bond donors (Lipinski definition) is 0. The molecule has 0 unspecified atom stereocenters. The number of allylic oxidation sites excluding steroid dienone is 1. The number of rotatable bonds is 4. The van der Waals surface area contributed by atoms with E-state index in [-0.39, 0.29) is 5.78 Å². The van der Waals surface area contributed by atoms with E-state index in [2.05, 4.69) is 5.10 Å². The van der Waals surface area contributed by atoms with Gasteiger partial charge in [0.05, 0.1) is 10.6 Å². The van der Waals surface area contributed by atoms with E-state index in [0.717, 1.165) is 4.88 Å². The van der Waals surface area contributed by atoms with Gasteiger partial charge in [0.15, 0.2) is 5.78 Å². The molecule has 2 aromatic heterocycles. The van der Waals surface area contributed by atoms with Gasteiger partial charge < -0.3 is 0 Å². The quantitative estimate of drug-likeness (QED) is 0.628. The van der Waals surface area contributed by atoms with Crippen LogP contribution in [0.5, 0.6) is 0 Å². The Bertz CT molecular complexity index is 822. The van der Waals surface area contributed by atoms with Gasteiger partial charge in [-0.3, -0.25) is 9.00 Å². The molecule has 0 saturated carbocycles. The van der Waals surface area contributed by atoms with Gasteiger partial charge in [-0.2, -0.15) is 5.10 Å². The molecule has 6 heteroatoms. The minimum atomic E-state index is -2.48. The number of nitrogens with zero attached hydrogens (tertiary/aromatic N) is 2. The third kappa shape index (κ3) is 4.20. The summed E-state index contributed by atoms with van der Waals surface area (Å²) >= 11 is 1.56. The van der Waals surface area contributed by atoms with Crippen molar-refractivity contribution in [3.8, 4) is 0 Å². The zero-order chi connectivity index (χ0) is 17.3. The second-order valence-corrected chi connectivity index (χ2v) is 10.5. The third-order valence-corrected chi connectivity index (χ3v) is 5.38. The van der Waals surface area contributed by atoms with Crippen LogP contribution in [-0.4, -0.2) is 37.1 Å². The SMILES string of the molecule is CC(C)(C)C(=O)C(/C(=C\c1cccs1)n1cccn1)=S(C)(C)=O. The molecule has 0 aromatic carbocycles. The predicted octanol–water partition coefficient (Wildman–Crippen LogP) is 3.27. The standard InChI is InChI=1S/C17H22N2O2S2/c1-17(2,3)16(20)15(23(4,5)21)14(19-10-7-9-18-19)12-13-8-6-11-22-13/h6-12H,1-5H3/b14-12+. The largest absolute Gasteiger partial charge is 0.293 e. The number of Topliss-reactive ketones (excluding diaryl/α,β-unsaturated/α-hetero) is 1. The van der Waals surface area contributed by atoms with E-state index < -0.39 is 14.9 Å². The first-order valence-electron chi connectivity index (χ1n) is 7.22. The van der Waals surface area contributed by atoms with Crippen molar-refractivity contribution in [3.63, 3.8) is 0 Å². The highest BCUT2D eigenvalue weighted by Gasteiger charge is 2.31. The van der Waals surface area contributed by atoms with Gasteiger partial charge >= 0.3 is 0 Å². The molecule has 2 heterocycles. The maximum Gasteiger partial charge on any atom is 0.178 e. The van der Waals surface area contributed by atoms with Crippen molar-refractivity contribution in [1.29, 1.82) is 0 Å². The first-order valence-corrected chi connectivity index (χ1v) is 10.5. The molecule has 0 atom stereocenters. The Hall–Kier alpha value is -1.66. The van der Waals surface area contributed by atoms with Crippen LogP contribution in [0.1, 0.15) is 25.6 Å². The summed E-state index contributed by atoms with van der Waals surface area (Å²) in [5.41, 5.74) is -0.0431. The molecule has 2 aromatic rings. The highest BCUT2D eigenvalue weighted by Crippen LogP contribution is 2.24. The molecular formula is C17H22N2O2S2. The van der Waals surface area contributed by atoms with Gasteiger partial charge in [0.2, 0.25) is 0 Å². The number of carbonyl (C=O) groups excluding carboxylic acids is 1. The Labute approximate surface area is 141 Å². The summed E-state index contributed by atoms with van der Waals surface area (Å²) in [6, 6.07) is 5.69. The molecule has 0 saturated heterocycles. The number of aromatic nitrogens is 2. The Morgan fingerprint density at radius 1 is 1.30 bits per heavy atom. The topological polar surface area (TPSA) is 52.0 Å². The van der Waals surface area contributed by atoms with E-state index in [1.165, 1.54) is 0 Å². The first kappa shape index (κ1) is 17.7. The Morgan fingerprint density at radius 3 is 2.43 bits per heavy atom. The highest BCUT2D eigenvalue weighted by atomic mass is 32.2. The lowest BCUT2D eigenvalue weighted by atomic mass is 9.88. The number of thiophene rings is 1. The molecular weight excluding hydrogens is 328 g/mol. The summed E-state index contributed by atoms with van der Waals surface area (Å²) in [5, 5.41) is 6.22. The van der Waals surface area contributed by atoms with Crippen molar-refractivity contribution in [2.24, 2.45) is 5.41 Å². The molecule has 4 nitrogen and oxygen atoms in total. The Morgan fingerprint density at radius 2 is 2.00 bits per heavy atom. The number of ketones is 1. The lowest BCUT2D eigenvalue weighted by Crippen LogP contribution is -2.35. The van der Waals surface area contributed by atoms with E-state index >= 15 is 0 Å². The smallest absolute Gasteiger partial charge is 0.178 e. The van der Waals surface area contributed by atoms with Crippen LogP contribution in [0.15, 0.2) is 36.0 Å². The van der Waals surface area contributed by atoms with Gasteiger partial charge in [-0.25, -0.2) is 4.68 Å². The van der Waals surface area contributed by atoms with Gasteiger partial charge in [0.1, 0.15) is 0 Å². The fourth-order valence-corrected chi connectivity index (χ4v) is 4.15. The van der Waals surface area contributed by atoms with Crippen LogP contribution >= 0.6 is 11.3 Å². The van der Waals surface area contributed by atoms with Crippen molar-refractivity contribution in [3.05, 3.63) is 40.8 Å². The van der Waals surface area contributed by atoms with E-state index in [1.54, 1.807) is 47.0 Å². The van der Waals surface area contributed by atoms with Gasteiger partial charge in [-0.05, 0) is 33.1 Å². The van der Waals surface area contributed by atoms with Crippen LogP contribution in [0.3, 0.4) is 0 Å². The zero-order valence-electron chi connectivity index (χ0n) is 14.1. The monoisotopic (exact) mass is 350 g/mol. The van der Waals surface area contributed by atoms with E-state index in [9.17, 15) is 9.00 Å². The molecule has 0 spiro atoms. The lowest BCUT2D eigenvalue weighted by Gasteiger charge is -2.22. The lowest BCUT2D eigenvalue weighted by molar-refractivity contribution is -0.119. The molecule has 0 fully saturated rings. The Balaban J connectivity index is 2.75. The van der Waals surface area contributed by atoms with Crippen molar-refractivity contribution in [2.45, 2.75) is 20.8 Å². The van der Waals surface area contributed by atoms with Crippen molar-refractivity contribution in [2.75, 3.05) is 12.5 Å². The van der Waals surface area contributed by atoms with E-state index in [1.807, 2.05) is 44.4 Å². The molecule has 0 radical (unpaired) electrons. The molecule has 23 heavy (non-hydrogen) atoms. The van der Waals surface area contributed by atoms with Gasteiger partial charge in [-0.15, -0.1) is 11.3 Å². The molecule has 0 amide bonds. The molecule has 0 aliphatic rings. The summed E-state index contributed by atoms with van der Waals surface area (Å²) in [4.78, 5) is 14.3. The van der Waals surface area contributed by atoms with Crippen LogP contribution in [0, 0.1) is 5.41 Å². The molecule has 0 aliphatic carbocycles. The van der Waals surface area contributed by atoms with Crippen LogP contribution in [0.25, 0.3) is 11.8 Å². The van der Waals surface area contributed by atoms with Crippen molar-refractivity contribution in [1.82, 2.24) is 9.78 Å². The summed E-state index contributed by atoms with van der Waals surface area (Å²) in [5.74, 6) is -0.120. The summed E-state index contributed by atoms with van der Waals surface area (Å²) < 4.78 is 14.5. The summed E-state index contributed by atoms with van der Waals surface area (Å²) in [7, 11) is -2.48. The third-order valence-electron chi connectivity index (χ3n) is 3.19. The summed E-state index contributed by atoms with van der Waals surface area (Å²) in [6.45, 7) is 5.52. The molecule has 0 bridgehead atoms.